The van der Waals surface area contributed by atoms with Gasteiger partial charge < -0.3 is 0 Å². The Labute approximate surface area is 116 Å². The van der Waals surface area contributed by atoms with Gasteiger partial charge in [-0.25, -0.2) is 0 Å². The van der Waals surface area contributed by atoms with Crippen LogP contribution in [0.3, 0.4) is 0 Å². The van der Waals surface area contributed by atoms with Gasteiger partial charge in [-0.3, -0.25) is 5.01 Å². The van der Waals surface area contributed by atoms with Crippen molar-refractivity contribution in [3.05, 3.63) is 47.7 Å². The van der Waals surface area contributed by atoms with Crippen LogP contribution >= 0.6 is 11.6 Å². The lowest BCUT2D eigenvalue weighted by Gasteiger charge is -2.19. The van der Waals surface area contributed by atoms with E-state index < -0.39 is 11.9 Å². The Morgan fingerprint density at radius 3 is 2.05 bits per heavy atom. The smallest absolute Gasteiger partial charge is 0.264 e. The Hall–Kier alpha value is -1.49. The fourth-order valence-electron chi connectivity index (χ4n) is 1.01. The van der Waals surface area contributed by atoms with Crippen LogP contribution < -0.4 is 0 Å². The van der Waals surface area contributed by atoms with Crippen molar-refractivity contribution in [2.45, 2.75) is 20.0 Å². The van der Waals surface area contributed by atoms with Crippen molar-refractivity contribution in [3.63, 3.8) is 0 Å². The lowest BCUT2D eigenvalue weighted by Crippen LogP contribution is -2.24. The first-order valence-corrected chi connectivity index (χ1v) is 5.62. The molecule has 0 aliphatic heterocycles. The Balaban J connectivity index is 5.07. The van der Waals surface area contributed by atoms with Gasteiger partial charge in [-0.2, -0.15) is 18.3 Å². The number of hydrogen-bond donors (Lipinski definition) is 0. The van der Waals surface area contributed by atoms with Crippen molar-refractivity contribution in [2.24, 2.45) is 5.10 Å². The zero-order valence-electron chi connectivity index (χ0n) is 11.1. The van der Waals surface area contributed by atoms with Crippen LogP contribution in [0.15, 0.2) is 52.8 Å². The van der Waals surface area contributed by atoms with E-state index >= 15 is 0 Å². The minimum absolute atomic E-state index is 0.260. The first-order chi connectivity index (χ1) is 8.46. The van der Waals surface area contributed by atoms with Crippen LogP contribution in [-0.2, 0) is 0 Å². The van der Waals surface area contributed by atoms with Crippen molar-refractivity contribution in [3.8, 4) is 0 Å². The number of alkyl halides is 3. The molecule has 0 fully saturated rings. The van der Waals surface area contributed by atoms with Crippen LogP contribution in [0.5, 0.6) is 0 Å². The van der Waals surface area contributed by atoms with Gasteiger partial charge >= 0.3 is 6.18 Å². The Bertz CT molecular complexity index is 459. The van der Waals surface area contributed by atoms with E-state index in [2.05, 4.69) is 24.8 Å². The maximum atomic E-state index is 12.4. The number of hydrogen-bond acceptors (Lipinski definition) is 2. The first kappa shape index (κ1) is 17.5. The predicted molar refractivity (Wildman–Crippen MR) is 74.0 cm³/mol. The van der Waals surface area contributed by atoms with E-state index in [-0.39, 0.29) is 10.7 Å². The number of allylic oxidation sites excluding steroid dienone is 5. The van der Waals surface area contributed by atoms with Crippen molar-refractivity contribution in [1.29, 1.82) is 0 Å². The molecule has 0 saturated heterocycles. The normalized spacial score (nSPS) is 13.2. The van der Waals surface area contributed by atoms with E-state index in [0.29, 0.717) is 16.2 Å². The molecule has 0 aromatic heterocycles. The van der Waals surface area contributed by atoms with Crippen molar-refractivity contribution < 1.29 is 13.2 Å². The maximum absolute atomic E-state index is 12.4. The molecule has 0 N–H and O–H groups in total. The quantitative estimate of drug-likeness (QED) is 0.410. The minimum Gasteiger partial charge on any atom is -0.264 e. The largest absolute Gasteiger partial charge is 0.432 e. The molecule has 0 saturated carbocycles. The van der Waals surface area contributed by atoms with Crippen LogP contribution in [-0.4, -0.2) is 23.9 Å². The van der Waals surface area contributed by atoms with Crippen LogP contribution in [0.4, 0.5) is 13.2 Å². The molecular weight excluding hydrogens is 277 g/mol. The van der Waals surface area contributed by atoms with Gasteiger partial charge in [0.1, 0.15) is 5.70 Å². The maximum Gasteiger partial charge on any atom is 0.432 e. The minimum atomic E-state index is -4.53. The van der Waals surface area contributed by atoms with Crippen LogP contribution in [0.2, 0.25) is 0 Å². The highest BCUT2D eigenvalue weighted by Crippen LogP contribution is 2.26. The molecule has 0 aliphatic rings. The number of hydrazone groups is 1. The average molecular weight is 293 g/mol. The summed E-state index contributed by atoms with van der Waals surface area (Å²) in [6.45, 7) is 13.5. The molecule has 0 heterocycles. The summed E-state index contributed by atoms with van der Waals surface area (Å²) in [4.78, 5) is 0. The average Bonchev–Trinajstić information content (AvgIpc) is 2.24. The second-order valence-corrected chi connectivity index (χ2v) is 4.38. The van der Waals surface area contributed by atoms with Crippen molar-refractivity contribution in [2.75, 3.05) is 7.05 Å². The fraction of sp³-hybridized carbons (Fsp3) is 0.308. The van der Waals surface area contributed by atoms with E-state index in [0.717, 1.165) is 7.05 Å². The van der Waals surface area contributed by atoms with Crippen LogP contribution in [0.1, 0.15) is 13.8 Å². The van der Waals surface area contributed by atoms with E-state index in [1.54, 1.807) is 13.0 Å². The molecule has 0 bridgehead atoms. The second-order valence-electron chi connectivity index (χ2n) is 3.97. The summed E-state index contributed by atoms with van der Waals surface area (Å²) in [5.74, 6) is 0. The van der Waals surface area contributed by atoms with Crippen molar-refractivity contribution >= 4 is 17.3 Å². The van der Waals surface area contributed by atoms with Gasteiger partial charge in [0.2, 0.25) is 0 Å². The summed E-state index contributed by atoms with van der Waals surface area (Å²) in [6.07, 6.45) is -2.97. The SMILES string of the molecule is C=C(C)/C=C(/Cl)C(=C)/C(C)=N/N(C)C(=C)C(F)(F)F. The summed E-state index contributed by atoms with van der Waals surface area (Å²) >= 11 is 5.93. The number of halogens is 4. The van der Waals surface area contributed by atoms with Gasteiger partial charge in [-0.15, -0.1) is 0 Å². The summed E-state index contributed by atoms with van der Waals surface area (Å²) < 4.78 is 37.2. The van der Waals surface area contributed by atoms with E-state index in [1.807, 2.05) is 0 Å². The van der Waals surface area contributed by atoms with Gasteiger partial charge in [-0.05, 0) is 19.9 Å². The van der Waals surface area contributed by atoms with Crippen molar-refractivity contribution in [1.82, 2.24) is 5.01 Å². The second kappa shape index (κ2) is 6.61. The van der Waals surface area contributed by atoms with Gasteiger partial charge in [0.25, 0.3) is 0 Å². The molecule has 19 heavy (non-hydrogen) atoms. The third-order valence-electron chi connectivity index (χ3n) is 2.12. The number of rotatable bonds is 5. The molecule has 0 atom stereocenters. The topological polar surface area (TPSA) is 15.6 Å². The lowest BCUT2D eigenvalue weighted by molar-refractivity contribution is -0.108. The lowest BCUT2D eigenvalue weighted by atomic mass is 10.1. The molecule has 0 radical (unpaired) electrons. The molecule has 106 valence electrons. The fourth-order valence-corrected chi connectivity index (χ4v) is 1.33. The molecule has 0 unspecified atom stereocenters. The predicted octanol–water partition coefficient (Wildman–Crippen LogP) is 4.63. The van der Waals surface area contributed by atoms with Crippen LogP contribution in [0, 0.1) is 0 Å². The third kappa shape index (κ3) is 5.79. The van der Waals surface area contributed by atoms with E-state index in [9.17, 15) is 13.2 Å². The summed E-state index contributed by atoms with van der Waals surface area (Å²) in [5.41, 5.74) is 0.216. The van der Waals surface area contributed by atoms with Gasteiger partial charge in [0, 0.05) is 17.7 Å². The van der Waals surface area contributed by atoms with E-state index in [4.69, 9.17) is 11.6 Å². The first-order valence-electron chi connectivity index (χ1n) is 5.24. The molecule has 0 amide bonds. The van der Waals surface area contributed by atoms with Gasteiger partial charge in [0.05, 0.1) is 5.71 Å². The van der Waals surface area contributed by atoms with E-state index in [1.165, 1.54) is 6.92 Å². The molecule has 0 spiro atoms. The summed E-state index contributed by atoms with van der Waals surface area (Å²) in [5, 5.41) is 4.67. The number of nitrogens with zero attached hydrogens (tertiary/aromatic N) is 2. The standard InChI is InChI=1S/C13H16ClF3N2/c1-8(2)7-12(14)9(3)10(4)18-19(6)11(5)13(15,16)17/h7H,1,3,5H2,2,4,6H3/b12-7+,18-10+. The Morgan fingerprint density at radius 2 is 1.68 bits per heavy atom. The zero-order chi connectivity index (χ0) is 15.4. The summed E-state index contributed by atoms with van der Waals surface area (Å²) in [6, 6.07) is 0. The van der Waals surface area contributed by atoms with Gasteiger partial charge in [-0.1, -0.05) is 36.9 Å². The molecule has 2 nitrogen and oxygen atoms in total. The molecule has 0 aromatic carbocycles. The molecule has 0 aliphatic carbocycles. The summed E-state index contributed by atoms with van der Waals surface area (Å²) in [7, 11) is 1.16. The molecular formula is C13H16ClF3N2. The molecule has 6 heteroatoms. The monoisotopic (exact) mass is 292 g/mol. The molecule has 0 rings (SSSR count). The Morgan fingerprint density at radius 1 is 1.21 bits per heavy atom. The highest BCUT2D eigenvalue weighted by Gasteiger charge is 2.34. The highest BCUT2D eigenvalue weighted by molar-refractivity contribution is 6.35. The molecule has 0 aromatic rings. The van der Waals surface area contributed by atoms with Crippen LogP contribution in [0.25, 0.3) is 0 Å². The Kier molecular flexibility index (Phi) is 6.09. The van der Waals surface area contributed by atoms with Gasteiger partial charge in [0.15, 0.2) is 0 Å². The zero-order valence-corrected chi connectivity index (χ0v) is 11.9. The highest BCUT2D eigenvalue weighted by atomic mass is 35.5. The third-order valence-corrected chi connectivity index (χ3v) is 2.45.